The monoisotopic (exact) mass is 387 g/mol. The maximum Gasteiger partial charge on any atom is 0.317 e. The van der Waals surface area contributed by atoms with Crippen LogP contribution in [0.25, 0.3) is 0 Å². The van der Waals surface area contributed by atoms with E-state index in [1.165, 1.54) is 6.42 Å². The van der Waals surface area contributed by atoms with Crippen LogP contribution in [0.2, 0.25) is 0 Å². The third-order valence-corrected chi connectivity index (χ3v) is 5.72. The minimum absolute atomic E-state index is 0.0374. The summed E-state index contributed by atoms with van der Waals surface area (Å²) in [4.78, 5) is 35.4. The molecule has 7 nitrogen and oxygen atoms in total. The van der Waals surface area contributed by atoms with Crippen LogP contribution in [0, 0.1) is 5.92 Å². The van der Waals surface area contributed by atoms with Gasteiger partial charge in [0.1, 0.15) is 0 Å². The van der Waals surface area contributed by atoms with Gasteiger partial charge in [0, 0.05) is 51.7 Å². The normalized spacial score (nSPS) is 19.5. The molecule has 3 rings (SSSR count). The second kappa shape index (κ2) is 9.87. The van der Waals surface area contributed by atoms with Crippen LogP contribution >= 0.6 is 0 Å². The number of likely N-dealkylation sites (tertiary alicyclic amines) is 1. The van der Waals surface area contributed by atoms with Gasteiger partial charge in [-0.25, -0.2) is 4.79 Å². The van der Waals surface area contributed by atoms with Crippen molar-refractivity contribution in [2.24, 2.45) is 5.92 Å². The largest absolute Gasteiger partial charge is 0.342 e. The van der Waals surface area contributed by atoms with Gasteiger partial charge in [0.05, 0.1) is 12.6 Å². The van der Waals surface area contributed by atoms with Crippen molar-refractivity contribution in [1.29, 1.82) is 0 Å². The van der Waals surface area contributed by atoms with E-state index in [0.29, 0.717) is 19.6 Å². The maximum atomic E-state index is 12.8. The Hall–Kier alpha value is -2.15. The number of carbonyl (C=O) groups excluding carboxylic acids is 2. The summed E-state index contributed by atoms with van der Waals surface area (Å²) in [5.74, 6) is 0.505. The Kier molecular flexibility index (Phi) is 7.25. The molecule has 2 aliphatic rings. The van der Waals surface area contributed by atoms with E-state index in [1.807, 2.05) is 28.1 Å². The van der Waals surface area contributed by atoms with E-state index in [-0.39, 0.29) is 23.9 Å². The molecule has 2 fully saturated rings. The van der Waals surface area contributed by atoms with Crippen LogP contribution < -0.4 is 5.32 Å². The molecule has 1 N–H and O–H groups in total. The molecule has 1 aromatic rings. The average Bonchev–Trinajstić information content (AvgIpc) is 2.73. The highest BCUT2D eigenvalue weighted by Crippen LogP contribution is 2.21. The Morgan fingerprint density at radius 1 is 1.04 bits per heavy atom. The summed E-state index contributed by atoms with van der Waals surface area (Å²) in [6, 6.07) is 3.81. The minimum atomic E-state index is -0.0556. The Morgan fingerprint density at radius 2 is 1.75 bits per heavy atom. The van der Waals surface area contributed by atoms with Crippen molar-refractivity contribution in [2.75, 3.05) is 45.8 Å². The highest BCUT2D eigenvalue weighted by atomic mass is 16.2. The van der Waals surface area contributed by atoms with Crippen molar-refractivity contribution in [3.63, 3.8) is 0 Å². The number of hydrogen-bond acceptors (Lipinski definition) is 4. The van der Waals surface area contributed by atoms with Crippen molar-refractivity contribution in [2.45, 2.75) is 39.2 Å². The summed E-state index contributed by atoms with van der Waals surface area (Å²) in [6.45, 7) is 9.24. The molecule has 0 aliphatic carbocycles. The van der Waals surface area contributed by atoms with Crippen molar-refractivity contribution < 1.29 is 9.59 Å². The van der Waals surface area contributed by atoms with Gasteiger partial charge in [-0.1, -0.05) is 19.9 Å². The topological polar surface area (TPSA) is 68.8 Å². The van der Waals surface area contributed by atoms with Crippen LogP contribution in [-0.4, -0.2) is 77.4 Å². The lowest BCUT2D eigenvalue weighted by atomic mass is 9.97. The van der Waals surface area contributed by atoms with E-state index in [1.54, 1.807) is 6.20 Å². The van der Waals surface area contributed by atoms with Gasteiger partial charge in [0.2, 0.25) is 5.91 Å². The van der Waals surface area contributed by atoms with Crippen LogP contribution in [0.15, 0.2) is 24.5 Å². The summed E-state index contributed by atoms with van der Waals surface area (Å²) in [6.07, 6.45) is 7.03. The summed E-state index contributed by atoms with van der Waals surface area (Å²) < 4.78 is 0. The Morgan fingerprint density at radius 3 is 2.36 bits per heavy atom. The zero-order valence-corrected chi connectivity index (χ0v) is 17.1. The number of rotatable bonds is 5. The number of piperidine rings is 1. The summed E-state index contributed by atoms with van der Waals surface area (Å²) in [5, 5.41) is 3.16. The van der Waals surface area contributed by atoms with Crippen molar-refractivity contribution in [3.05, 3.63) is 30.1 Å². The van der Waals surface area contributed by atoms with E-state index < -0.39 is 0 Å². The smallest absolute Gasteiger partial charge is 0.317 e. The molecule has 1 atom stereocenters. The molecular formula is C21H33N5O2. The lowest BCUT2D eigenvalue weighted by Crippen LogP contribution is -2.54. The number of nitrogens with one attached hydrogen (secondary N) is 1. The number of urea groups is 1. The molecule has 2 saturated heterocycles. The van der Waals surface area contributed by atoms with E-state index in [4.69, 9.17) is 0 Å². The third-order valence-electron chi connectivity index (χ3n) is 5.72. The highest BCUT2D eigenvalue weighted by Gasteiger charge is 2.27. The van der Waals surface area contributed by atoms with Gasteiger partial charge in [0.25, 0.3) is 0 Å². The van der Waals surface area contributed by atoms with E-state index in [0.717, 1.165) is 44.6 Å². The van der Waals surface area contributed by atoms with Crippen LogP contribution in [0.3, 0.4) is 0 Å². The maximum absolute atomic E-state index is 12.8. The SMILES string of the molecule is CC(C)[C@@H](NC(=O)N1CCN(CC(=O)N2CCCCC2)CC1)c1cccnc1. The van der Waals surface area contributed by atoms with E-state index >= 15 is 0 Å². The lowest BCUT2D eigenvalue weighted by Gasteiger charge is -2.37. The number of pyridine rings is 1. The summed E-state index contributed by atoms with van der Waals surface area (Å²) in [7, 11) is 0. The van der Waals surface area contributed by atoms with Crippen molar-refractivity contribution in [3.8, 4) is 0 Å². The van der Waals surface area contributed by atoms with Crippen molar-refractivity contribution >= 4 is 11.9 Å². The first-order valence-corrected chi connectivity index (χ1v) is 10.5. The molecule has 0 bridgehead atoms. The second-order valence-electron chi connectivity index (χ2n) is 8.16. The molecule has 2 aliphatic heterocycles. The first kappa shape index (κ1) is 20.6. The summed E-state index contributed by atoms with van der Waals surface area (Å²) >= 11 is 0. The molecule has 0 radical (unpaired) electrons. The molecule has 0 aromatic carbocycles. The number of piperazine rings is 1. The third kappa shape index (κ3) is 5.44. The number of amides is 3. The van der Waals surface area contributed by atoms with E-state index in [9.17, 15) is 9.59 Å². The molecule has 28 heavy (non-hydrogen) atoms. The van der Waals surface area contributed by atoms with Crippen LogP contribution in [0.5, 0.6) is 0 Å². The van der Waals surface area contributed by atoms with Crippen LogP contribution in [0.4, 0.5) is 4.79 Å². The molecule has 0 unspecified atom stereocenters. The molecule has 0 spiro atoms. The second-order valence-corrected chi connectivity index (χ2v) is 8.16. The average molecular weight is 388 g/mol. The van der Waals surface area contributed by atoms with Crippen molar-refractivity contribution in [1.82, 2.24) is 25.0 Å². The predicted octanol–water partition coefficient (Wildman–Crippen LogP) is 2.12. The van der Waals surface area contributed by atoms with Gasteiger partial charge < -0.3 is 15.1 Å². The van der Waals surface area contributed by atoms with Gasteiger partial charge in [-0.3, -0.25) is 14.7 Å². The standard InChI is InChI=1S/C21H33N5O2/c1-17(2)20(18-7-6-8-22-15-18)23-21(28)26-13-11-24(12-14-26)16-19(27)25-9-4-3-5-10-25/h6-8,15,17,20H,3-5,9-14,16H2,1-2H3,(H,23,28)/t20-/m1/s1. The molecule has 3 heterocycles. The van der Waals surface area contributed by atoms with Crippen LogP contribution in [-0.2, 0) is 4.79 Å². The fraction of sp³-hybridized carbons (Fsp3) is 0.667. The van der Waals surface area contributed by atoms with Gasteiger partial charge in [-0.15, -0.1) is 0 Å². The first-order chi connectivity index (χ1) is 13.5. The van der Waals surface area contributed by atoms with Gasteiger partial charge in [-0.05, 0) is 36.8 Å². The Balaban J connectivity index is 1.47. The molecular weight excluding hydrogens is 354 g/mol. The van der Waals surface area contributed by atoms with Gasteiger partial charge >= 0.3 is 6.03 Å². The molecule has 0 saturated carbocycles. The fourth-order valence-corrected chi connectivity index (χ4v) is 3.96. The van der Waals surface area contributed by atoms with E-state index in [2.05, 4.69) is 29.0 Å². The van der Waals surface area contributed by atoms with Gasteiger partial charge in [0.15, 0.2) is 0 Å². The predicted molar refractivity (Wildman–Crippen MR) is 109 cm³/mol. The quantitative estimate of drug-likeness (QED) is 0.840. The zero-order chi connectivity index (χ0) is 19.9. The minimum Gasteiger partial charge on any atom is -0.342 e. The number of carbonyl (C=O) groups is 2. The van der Waals surface area contributed by atoms with Gasteiger partial charge in [-0.2, -0.15) is 0 Å². The molecule has 3 amide bonds. The Bertz CT molecular complexity index is 637. The zero-order valence-electron chi connectivity index (χ0n) is 17.1. The summed E-state index contributed by atoms with van der Waals surface area (Å²) in [5.41, 5.74) is 1.02. The number of aromatic nitrogens is 1. The van der Waals surface area contributed by atoms with Crippen LogP contribution in [0.1, 0.15) is 44.7 Å². The fourth-order valence-electron chi connectivity index (χ4n) is 3.96. The molecule has 154 valence electrons. The molecule has 1 aromatic heterocycles. The first-order valence-electron chi connectivity index (χ1n) is 10.5. The highest BCUT2D eigenvalue weighted by molar-refractivity contribution is 5.78. The number of hydrogen-bond donors (Lipinski definition) is 1. The molecule has 7 heteroatoms. The lowest BCUT2D eigenvalue weighted by molar-refractivity contribution is -0.133. The number of nitrogens with zero attached hydrogens (tertiary/aromatic N) is 4. The Labute approximate surface area is 168 Å².